The normalized spacial score (nSPS) is 22.1. The van der Waals surface area contributed by atoms with Crippen molar-refractivity contribution in [3.8, 4) is 0 Å². The molecule has 1 saturated carbocycles. The van der Waals surface area contributed by atoms with Crippen LogP contribution in [0.3, 0.4) is 0 Å². The highest BCUT2D eigenvalue weighted by Gasteiger charge is 2.25. The van der Waals surface area contributed by atoms with E-state index in [1.807, 2.05) is 0 Å². The average molecular weight is 333 g/mol. The first kappa shape index (κ1) is 18.2. The number of nitrogens with one attached hydrogen (secondary N) is 1. The van der Waals surface area contributed by atoms with Crippen LogP contribution >= 0.6 is 0 Å². The molecule has 2 rings (SSSR count). The van der Waals surface area contributed by atoms with Gasteiger partial charge in [0, 0.05) is 17.7 Å². The monoisotopic (exact) mass is 333 g/mol. The highest BCUT2D eigenvalue weighted by molar-refractivity contribution is 5.90. The molecule has 0 spiro atoms. The van der Waals surface area contributed by atoms with Crippen molar-refractivity contribution in [1.82, 2.24) is 5.32 Å². The van der Waals surface area contributed by atoms with Gasteiger partial charge in [0.1, 0.15) is 5.82 Å². The summed E-state index contributed by atoms with van der Waals surface area (Å²) in [5.74, 6) is -0.941. The van der Waals surface area contributed by atoms with Gasteiger partial charge in [0.15, 0.2) is 6.10 Å². The zero-order valence-electron chi connectivity index (χ0n) is 14.1. The second kappa shape index (κ2) is 8.62. The van der Waals surface area contributed by atoms with E-state index in [-0.39, 0.29) is 11.9 Å². The van der Waals surface area contributed by atoms with Crippen LogP contribution in [0, 0.1) is 11.7 Å². The number of rotatable bonds is 5. The average Bonchev–Trinajstić information content (AvgIpc) is 2.56. The predicted octanol–water partition coefficient (Wildman–Crippen LogP) is 3.47. The third-order valence-corrected chi connectivity index (χ3v) is 4.41. The standard InChI is InChI=1S/C19H24FNO3/c1-13-7-3-6-10-17(13)21-19(23)14(2)24-18(22)12-11-15-8-4-5-9-16(15)20/h4-5,8-9,11-14,17H,3,6-7,10H2,1-2H3,(H,21,23)/b12-11+. The van der Waals surface area contributed by atoms with Crippen LogP contribution in [0.25, 0.3) is 6.08 Å². The van der Waals surface area contributed by atoms with Gasteiger partial charge in [-0.15, -0.1) is 0 Å². The fourth-order valence-electron chi connectivity index (χ4n) is 2.87. The fraction of sp³-hybridized carbons (Fsp3) is 0.474. The number of halogens is 1. The minimum Gasteiger partial charge on any atom is -0.449 e. The first-order valence-electron chi connectivity index (χ1n) is 8.41. The SMILES string of the molecule is CC(OC(=O)/C=C/c1ccccc1F)C(=O)NC1CCCCC1C. The summed E-state index contributed by atoms with van der Waals surface area (Å²) < 4.78 is 18.6. The van der Waals surface area contributed by atoms with Crippen molar-refractivity contribution in [2.75, 3.05) is 0 Å². The van der Waals surface area contributed by atoms with E-state index in [2.05, 4.69) is 12.2 Å². The molecular formula is C19H24FNO3. The van der Waals surface area contributed by atoms with Gasteiger partial charge >= 0.3 is 5.97 Å². The summed E-state index contributed by atoms with van der Waals surface area (Å²) in [6, 6.07) is 6.26. The largest absolute Gasteiger partial charge is 0.449 e. The molecule has 1 aromatic carbocycles. The van der Waals surface area contributed by atoms with E-state index in [0.29, 0.717) is 11.5 Å². The lowest BCUT2D eigenvalue weighted by Gasteiger charge is -2.30. The van der Waals surface area contributed by atoms with Crippen molar-refractivity contribution in [2.24, 2.45) is 5.92 Å². The molecule has 0 aliphatic heterocycles. The van der Waals surface area contributed by atoms with Crippen LogP contribution in [-0.2, 0) is 14.3 Å². The number of esters is 1. The molecule has 0 heterocycles. The molecule has 1 aliphatic carbocycles. The Morgan fingerprint density at radius 1 is 1.29 bits per heavy atom. The molecule has 5 heteroatoms. The maximum Gasteiger partial charge on any atom is 0.331 e. The van der Waals surface area contributed by atoms with Crippen molar-refractivity contribution in [2.45, 2.75) is 51.7 Å². The van der Waals surface area contributed by atoms with Crippen molar-refractivity contribution in [3.05, 3.63) is 41.7 Å². The number of carbonyl (C=O) groups is 2. The van der Waals surface area contributed by atoms with Crippen LogP contribution in [-0.4, -0.2) is 24.0 Å². The van der Waals surface area contributed by atoms with E-state index >= 15 is 0 Å². The number of benzene rings is 1. The van der Waals surface area contributed by atoms with Crippen LogP contribution in [0.5, 0.6) is 0 Å². The van der Waals surface area contributed by atoms with Crippen LogP contribution < -0.4 is 5.32 Å². The molecule has 24 heavy (non-hydrogen) atoms. The molecule has 3 unspecified atom stereocenters. The number of hydrogen-bond acceptors (Lipinski definition) is 3. The minimum atomic E-state index is -0.878. The quantitative estimate of drug-likeness (QED) is 0.663. The third kappa shape index (κ3) is 5.18. The van der Waals surface area contributed by atoms with E-state index < -0.39 is 17.9 Å². The van der Waals surface area contributed by atoms with Gasteiger partial charge in [-0.05, 0) is 37.8 Å². The first-order valence-corrected chi connectivity index (χ1v) is 8.41. The number of carbonyl (C=O) groups excluding carboxylic acids is 2. The number of ether oxygens (including phenoxy) is 1. The Labute approximate surface area is 142 Å². The van der Waals surface area contributed by atoms with Gasteiger partial charge in [-0.1, -0.05) is 38.0 Å². The van der Waals surface area contributed by atoms with E-state index in [9.17, 15) is 14.0 Å². The summed E-state index contributed by atoms with van der Waals surface area (Å²) in [7, 11) is 0. The lowest BCUT2D eigenvalue weighted by atomic mass is 9.86. The van der Waals surface area contributed by atoms with Crippen LogP contribution in [0.15, 0.2) is 30.3 Å². The first-order chi connectivity index (χ1) is 11.5. The third-order valence-electron chi connectivity index (χ3n) is 4.41. The fourth-order valence-corrected chi connectivity index (χ4v) is 2.87. The van der Waals surface area contributed by atoms with Crippen LogP contribution in [0.1, 0.15) is 45.1 Å². The molecule has 0 aromatic heterocycles. The van der Waals surface area contributed by atoms with Gasteiger partial charge in [-0.2, -0.15) is 0 Å². The van der Waals surface area contributed by atoms with Gasteiger partial charge in [0.2, 0.25) is 0 Å². The minimum absolute atomic E-state index is 0.140. The Morgan fingerprint density at radius 2 is 2.00 bits per heavy atom. The lowest BCUT2D eigenvalue weighted by molar-refractivity contribution is -0.150. The molecule has 130 valence electrons. The maximum atomic E-state index is 13.5. The van der Waals surface area contributed by atoms with Crippen molar-refractivity contribution in [1.29, 1.82) is 0 Å². The zero-order chi connectivity index (χ0) is 17.5. The van der Waals surface area contributed by atoms with Gasteiger partial charge in [0.05, 0.1) is 0 Å². The number of amides is 1. The van der Waals surface area contributed by atoms with E-state index in [0.717, 1.165) is 25.3 Å². The summed E-state index contributed by atoms with van der Waals surface area (Å²) in [6.07, 6.45) is 5.95. The Hall–Kier alpha value is -2.17. The van der Waals surface area contributed by atoms with E-state index in [1.54, 1.807) is 18.2 Å². The molecule has 4 nitrogen and oxygen atoms in total. The smallest absolute Gasteiger partial charge is 0.331 e. The van der Waals surface area contributed by atoms with E-state index in [4.69, 9.17) is 4.74 Å². The summed E-state index contributed by atoms with van der Waals surface area (Å²) in [5, 5.41) is 2.96. The van der Waals surface area contributed by atoms with Gasteiger partial charge in [0.25, 0.3) is 5.91 Å². The topological polar surface area (TPSA) is 55.4 Å². The maximum absolute atomic E-state index is 13.5. The van der Waals surface area contributed by atoms with Crippen molar-refractivity contribution in [3.63, 3.8) is 0 Å². The second-order valence-electron chi connectivity index (χ2n) is 6.31. The van der Waals surface area contributed by atoms with E-state index in [1.165, 1.54) is 25.5 Å². The molecule has 1 aromatic rings. The summed E-state index contributed by atoms with van der Waals surface area (Å²) in [4.78, 5) is 23.9. The molecule has 3 atom stereocenters. The van der Waals surface area contributed by atoms with Crippen molar-refractivity contribution < 1.29 is 18.7 Å². The Bertz CT molecular complexity index is 614. The highest BCUT2D eigenvalue weighted by Crippen LogP contribution is 2.23. The Kier molecular flexibility index (Phi) is 6.53. The Morgan fingerprint density at radius 3 is 2.71 bits per heavy atom. The Balaban J connectivity index is 1.84. The number of hydrogen-bond donors (Lipinski definition) is 1. The second-order valence-corrected chi connectivity index (χ2v) is 6.31. The molecule has 0 bridgehead atoms. The summed E-state index contributed by atoms with van der Waals surface area (Å²) in [6.45, 7) is 3.66. The van der Waals surface area contributed by atoms with Gasteiger partial charge < -0.3 is 10.1 Å². The zero-order valence-corrected chi connectivity index (χ0v) is 14.1. The predicted molar refractivity (Wildman–Crippen MR) is 90.6 cm³/mol. The molecule has 1 amide bonds. The summed E-state index contributed by atoms with van der Waals surface area (Å²) in [5.41, 5.74) is 0.294. The highest BCUT2D eigenvalue weighted by atomic mass is 19.1. The van der Waals surface area contributed by atoms with Crippen LogP contribution in [0.4, 0.5) is 4.39 Å². The molecule has 1 aliphatic rings. The molecule has 1 N–H and O–H groups in total. The molecule has 0 radical (unpaired) electrons. The van der Waals surface area contributed by atoms with Crippen molar-refractivity contribution >= 4 is 18.0 Å². The lowest BCUT2D eigenvalue weighted by Crippen LogP contribution is -2.45. The van der Waals surface area contributed by atoms with Gasteiger partial charge in [-0.25, -0.2) is 9.18 Å². The van der Waals surface area contributed by atoms with Crippen LogP contribution in [0.2, 0.25) is 0 Å². The summed E-state index contributed by atoms with van der Waals surface area (Å²) >= 11 is 0. The molecular weight excluding hydrogens is 309 g/mol. The molecule has 0 saturated heterocycles. The van der Waals surface area contributed by atoms with Gasteiger partial charge in [-0.3, -0.25) is 4.79 Å². The molecule has 1 fully saturated rings.